The summed E-state index contributed by atoms with van der Waals surface area (Å²) in [5.41, 5.74) is 8.80. The van der Waals surface area contributed by atoms with Crippen molar-refractivity contribution in [2.45, 2.75) is 25.4 Å². The van der Waals surface area contributed by atoms with Crippen molar-refractivity contribution in [2.75, 3.05) is 27.3 Å². The normalized spacial score (nSPS) is 15.3. The number of hydrogen-bond donors (Lipinski definition) is 1. The van der Waals surface area contributed by atoms with E-state index < -0.39 is 0 Å². The summed E-state index contributed by atoms with van der Waals surface area (Å²) in [6.07, 6.45) is 0.931. The van der Waals surface area contributed by atoms with Crippen LogP contribution in [0.3, 0.4) is 0 Å². The Balaban J connectivity index is 2.57. The van der Waals surface area contributed by atoms with E-state index in [0.29, 0.717) is 6.54 Å². The summed E-state index contributed by atoms with van der Waals surface area (Å²) in [6.45, 7) is 4.35. The Kier molecular flexibility index (Phi) is 5.34. The van der Waals surface area contributed by atoms with Gasteiger partial charge in [0.1, 0.15) is 0 Å². The minimum atomic E-state index is -0.0281. The lowest BCUT2D eigenvalue weighted by atomic mass is 9.96. The predicted molar refractivity (Wildman–Crippen MR) is 67.5 cm³/mol. The first-order valence-corrected chi connectivity index (χ1v) is 6.34. The van der Waals surface area contributed by atoms with Crippen molar-refractivity contribution in [3.63, 3.8) is 0 Å². The highest BCUT2D eigenvalue weighted by Gasteiger charge is 2.27. The van der Waals surface area contributed by atoms with Gasteiger partial charge in [0.15, 0.2) is 0 Å². The third-order valence-corrected chi connectivity index (χ3v) is 3.72. The number of hydrogen-bond acceptors (Lipinski definition) is 5. The summed E-state index contributed by atoms with van der Waals surface area (Å²) in [7, 11) is 3.80. The SMILES string of the molecule is COCCC(C)(CN)N(C)Cc1cscn1. The van der Waals surface area contributed by atoms with Gasteiger partial charge in [0.05, 0.1) is 11.2 Å². The number of ether oxygens (including phenoxy) is 1. The minimum absolute atomic E-state index is 0.0281. The predicted octanol–water partition coefficient (Wildman–Crippen LogP) is 1.33. The van der Waals surface area contributed by atoms with Crippen LogP contribution in [0, 0.1) is 0 Å². The van der Waals surface area contributed by atoms with Crippen LogP contribution in [0.1, 0.15) is 19.0 Å². The molecule has 0 saturated carbocycles. The van der Waals surface area contributed by atoms with Crippen molar-refractivity contribution in [3.8, 4) is 0 Å². The molecule has 16 heavy (non-hydrogen) atoms. The van der Waals surface area contributed by atoms with E-state index in [4.69, 9.17) is 10.5 Å². The molecule has 0 fully saturated rings. The van der Waals surface area contributed by atoms with Crippen LogP contribution >= 0.6 is 11.3 Å². The average molecular weight is 243 g/mol. The molecule has 1 rings (SSSR count). The van der Waals surface area contributed by atoms with Gasteiger partial charge in [-0.2, -0.15) is 0 Å². The Morgan fingerprint density at radius 2 is 2.38 bits per heavy atom. The highest BCUT2D eigenvalue weighted by atomic mass is 32.1. The van der Waals surface area contributed by atoms with Crippen LogP contribution in [0.4, 0.5) is 0 Å². The molecular weight excluding hydrogens is 222 g/mol. The number of thiazole rings is 1. The average Bonchev–Trinajstić information content (AvgIpc) is 2.78. The van der Waals surface area contributed by atoms with Gasteiger partial charge in [-0.15, -0.1) is 11.3 Å². The molecule has 1 aromatic rings. The van der Waals surface area contributed by atoms with E-state index in [0.717, 1.165) is 25.3 Å². The molecule has 0 radical (unpaired) electrons. The second kappa shape index (κ2) is 6.30. The third kappa shape index (κ3) is 3.52. The number of methoxy groups -OCH3 is 1. The number of rotatable bonds is 7. The van der Waals surface area contributed by atoms with Crippen LogP contribution in [-0.2, 0) is 11.3 Å². The maximum Gasteiger partial charge on any atom is 0.0795 e. The maximum atomic E-state index is 5.86. The van der Waals surface area contributed by atoms with E-state index in [9.17, 15) is 0 Å². The molecule has 0 spiro atoms. The molecule has 0 aromatic carbocycles. The molecule has 2 N–H and O–H groups in total. The monoisotopic (exact) mass is 243 g/mol. The molecule has 4 nitrogen and oxygen atoms in total. The van der Waals surface area contributed by atoms with Crippen LogP contribution in [0.5, 0.6) is 0 Å². The van der Waals surface area contributed by atoms with E-state index in [1.807, 2.05) is 5.51 Å². The molecule has 0 amide bonds. The standard InChI is InChI=1S/C11H21N3OS/c1-11(8-12,4-5-15-3)14(2)6-10-7-16-9-13-10/h7,9H,4-6,8,12H2,1-3H3. The third-order valence-electron chi connectivity index (χ3n) is 3.09. The van der Waals surface area contributed by atoms with Crippen LogP contribution in [-0.4, -0.2) is 42.7 Å². The second-order valence-corrected chi connectivity index (χ2v) is 5.00. The largest absolute Gasteiger partial charge is 0.385 e. The van der Waals surface area contributed by atoms with Crippen molar-refractivity contribution in [3.05, 3.63) is 16.6 Å². The maximum absolute atomic E-state index is 5.86. The van der Waals surface area contributed by atoms with Crippen LogP contribution < -0.4 is 5.73 Å². The van der Waals surface area contributed by atoms with Gasteiger partial charge in [0, 0.05) is 37.7 Å². The van der Waals surface area contributed by atoms with Gasteiger partial charge in [-0.3, -0.25) is 4.90 Å². The molecule has 0 bridgehead atoms. The van der Waals surface area contributed by atoms with Gasteiger partial charge < -0.3 is 10.5 Å². The van der Waals surface area contributed by atoms with E-state index in [2.05, 4.69) is 29.2 Å². The molecule has 0 aliphatic carbocycles. The minimum Gasteiger partial charge on any atom is -0.385 e. The molecule has 0 aliphatic heterocycles. The van der Waals surface area contributed by atoms with Gasteiger partial charge in [0.2, 0.25) is 0 Å². The Bertz CT molecular complexity index is 291. The zero-order valence-corrected chi connectivity index (χ0v) is 11.1. The summed E-state index contributed by atoms with van der Waals surface area (Å²) in [4.78, 5) is 6.54. The fourth-order valence-electron chi connectivity index (χ4n) is 1.52. The van der Waals surface area contributed by atoms with Crippen LogP contribution in [0.2, 0.25) is 0 Å². The summed E-state index contributed by atoms with van der Waals surface area (Å²) in [6, 6.07) is 0. The summed E-state index contributed by atoms with van der Waals surface area (Å²) in [5, 5.41) is 2.07. The topological polar surface area (TPSA) is 51.4 Å². The van der Waals surface area contributed by atoms with Crippen molar-refractivity contribution in [1.82, 2.24) is 9.88 Å². The summed E-state index contributed by atoms with van der Waals surface area (Å²) < 4.78 is 5.13. The highest BCUT2D eigenvalue weighted by Crippen LogP contribution is 2.19. The van der Waals surface area contributed by atoms with E-state index in [-0.39, 0.29) is 5.54 Å². The van der Waals surface area contributed by atoms with Gasteiger partial charge >= 0.3 is 0 Å². The number of aromatic nitrogens is 1. The quantitative estimate of drug-likeness (QED) is 0.785. The van der Waals surface area contributed by atoms with Crippen LogP contribution in [0.15, 0.2) is 10.9 Å². The molecule has 1 unspecified atom stereocenters. The van der Waals surface area contributed by atoms with Crippen LogP contribution in [0.25, 0.3) is 0 Å². The molecule has 1 atom stereocenters. The summed E-state index contributed by atoms with van der Waals surface area (Å²) >= 11 is 1.62. The summed E-state index contributed by atoms with van der Waals surface area (Å²) in [5.74, 6) is 0. The number of likely N-dealkylation sites (N-methyl/N-ethyl adjacent to an activating group) is 1. The molecule has 0 saturated heterocycles. The number of nitrogens with two attached hydrogens (primary N) is 1. The molecule has 5 heteroatoms. The van der Waals surface area contributed by atoms with E-state index in [1.54, 1.807) is 18.4 Å². The lowest BCUT2D eigenvalue weighted by Gasteiger charge is -2.37. The molecule has 0 aliphatic rings. The first-order valence-electron chi connectivity index (χ1n) is 5.39. The van der Waals surface area contributed by atoms with Gasteiger partial charge in [0.25, 0.3) is 0 Å². The Hall–Kier alpha value is -0.490. The molecule has 92 valence electrons. The fourth-order valence-corrected chi connectivity index (χ4v) is 2.07. The molecule has 1 heterocycles. The van der Waals surface area contributed by atoms with Crippen molar-refractivity contribution >= 4 is 11.3 Å². The lowest BCUT2D eigenvalue weighted by molar-refractivity contribution is 0.0831. The lowest BCUT2D eigenvalue weighted by Crippen LogP contribution is -2.50. The van der Waals surface area contributed by atoms with E-state index >= 15 is 0 Å². The van der Waals surface area contributed by atoms with Gasteiger partial charge in [-0.1, -0.05) is 0 Å². The number of nitrogens with zero attached hydrogens (tertiary/aromatic N) is 2. The highest BCUT2D eigenvalue weighted by molar-refractivity contribution is 7.07. The Morgan fingerprint density at radius 3 is 2.88 bits per heavy atom. The second-order valence-electron chi connectivity index (χ2n) is 4.28. The Labute approximate surface area is 101 Å². The fraction of sp³-hybridized carbons (Fsp3) is 0.727. The first-order chi connectivity index (χ1) is 7.62. The van der Waals surface area contributed by atoms with Gasteiger partial charge in [-0.25, -0.2) is 4.98 Å². The molecular formula is C11H21N3OS. The van der Waals surface area contributed by atoms with Crippen molar-refractivity contribution < 1.29 is 4.74 Å². The zero-order chi connectivity index (χ0) is 12.0. The van der Waals surface area contributed by atoms with Crippen molar-refractivity contribution in [2.24, 2.45) is 5.73 Å². The van der Waals surface area contributed by atoms with Crippen molar-refractivity contribution in [1.29, 1.82) is 0 Å². The van der Waals surface area contributed by atoms with Gasteiger partial charge in [-0.05, 0) is 20.4 Å². The Morgan fingerprint density at radius 1 is 1.62 bits per heavy atom. The zero-order valence-electron chi connectivity index (χ0n) is 10.3. The molecule has 1 aromatic heterocycles. The van der Waals surface area contributed by atoms with E-state index in [1.165, 1.54) is 0 Å². The first kappa shape index (κ1) is 13.6. The smallest absolute Gasteiger partial charge is 0.0795 e.